The van der Waals surface area contributed by atoms with Gasteiger partial charge >= 0.3 is 0 Å². The van der Waals surface area contributed by atoms with E-state index in [1.165, 1.54) is 0 Å². The predicted octanol–water partition coefficient (Wildman–Crippen LogP) is 0.393. The zero-order valence-electron chi connectivity index (χ0n) is 13.5. The van der Waals surface area contributed by atoms with Gasteiger partial charge in [0.2, 0.25) is 5.78 Å². The lowest BCUT2D eigenvalue weighted by atomic mass is 10.1. The number of nitrogens with zero attached hydrogens (tertiary/aromatic N) is 1. The number of aromatic nitrogens is 1. The standard InChI is InChI=1S/C17H18N2O6/c1-25-11-4-2-10(3-5-11)6-19-17(24)12-7-18-15(14(22)9-21)16(23)13(12)8-20/h2-5,7,20-21,23H,6,8-9H2,1H3,(H,19,24). The van der Waals surface area contributed by atoms with Crippen molar-refractivity contribution >= 4 is 11.7 Å². The van der Waals surface area contributed by atoms with Crippen molar-refractivity contribution in [2.45, 2.75) is 13.2 Å². The lowest BCUT2D eigenvalue weighted by Crippen LogP contribution is -2.25. The van der Waals surface area contributed by atoms with Crippen molar-refractivity contribution in [2.24, 2.45) is 0 Å². The minimum absolute atomic E-state index is 0.0528. The van der Waals surface area contributed by atoms with E-state index < -0.39 is 36.3 Å². The number of rotatable bonds is 7. The van der Waals surface area contributed by atoms with Gasteiger partial charge in [-0.3, -0.25) is 9.59 Å². The first-order valence-electron chi connectivity index (χ1n) is 7.38. The Balaban J connectivity index is 2.17. The van der Waals surface area contributed by atoms with Crippen LogP contribution in [0.2, 0.25) is 0 Å². The summed E-state index contributed by atoms with van der Waals surface area (Å²) in [6.07, 6.45) is 1.08. The summed E-state index contributed by atoms with van der Waals surface area (Å²) in [5.41, 5.74) is 0.254. The van der Waals surface area contributed by atoms with Crippen LogP contribution in [0.1, 0.15) is 32.0 Å². The molecular weight excluding hydrogens is 328 g/mol. The number of aromatic hydroxyl groups is 1. The van der Waals surface area contributed by atoms with E-state index >= 15 is 0 Å². The molecule has 25 heavy (non-hydrogen) atoms. The molecule has 8 heteroatoms. The number of methoxy groups -OCH3 is 1. The summed E-state index contributed by atoms with van der Waals surface area (Å²) in [7, 11) is 1.55. The highest BCUT2D eigenvalue weighted by Gasteiger charge is 2.21. The number of amides is 1. The van der Waals surface area contributed by atoms with Gasteiger partial charge in [-0.1, -0.05) is 12.1 Å². The molecule has 1 amide bonds. The molecule has 0 saturated heterocycles. The summed E-state index contributed by atoms with van der Waals surface area (Å²) in [6, 6.07) is 7.07. The topological polar surface area (TPSA) is 129 Å². The number of carbonyl (C=O) groups is 2. The zero-order valence-corrected chi connectivity index (χ0v) is 13.5. The Kier molecular flexibility index (Phi) is 6.04. The van der Waals surface area contributed by atoms with E-state index in [2.05, 4.69) is 10.3 Å². The normalized spacial score (nSPS) is 10.4. The van der Waals surface area contributed by atoms with Gasteiger partial charge in [-0.25, -0.2) is 4.98 Å². The highest BCUT2D eigenvalue weighted by atomic mass is 16.5. The number of hydrogen-bond donors (Lipinski definition) is 4. The molecule has 1 aromatic heterocycles. The van der Waals surface area contributed by atoms with Gasteiger partial charge in [-0.15, -0.1) is 0 Å². The first-order chi connectivity index (χ1) is 12.0. The first-order valence-corrected chi connectivity index (χ1v) is 7.38. The van der Waals surface area contributed by atoms with Crippen LogP contribution in [0.15, 0.2) is 30.5 Å². The van der Waals surface area contributed by atoms with Gasteiger partial charge in [0.1, 0.15) is 12.4 Å². The van der Waals surface area contributed by atoms with Crippen LogP contribution in [-0.4, -0.2) is 45.7 Å². The van der Waals surface area contributed by atoms with Crippen molar-refractivity contribution in [2.75, 3.05) is 13.7 Å². The molecule has 0 fully saturated rings. The Morgan fingerprint density at radius 3 is 2.44 bits per heavy atom. The third kappa shape index (κ3) is 4.11. The number of aliphatic hydroxyl groups excluding tert-OH is 2. The molecule has 1 heterocycles. The van der Waals surface area contributed by atoms with Gasteiger partial charge in [0.25, 0.3) is 5.91 Å². The van der Waals surface area contributed by atoms with E-state index in [-0.39, 0.29) is 17.7 Å². The van der Waals surface area contributed by atoms with Crippen LogP contribution in [0.5, 0.6) is 11.5 Å². The van der Waals surface area contributed by atoms with E-state index in [1.54, 1.807) is 31.4 Å². The monoisotopic (exact) mass is 346 g/mol. The fourth-order valence-electron chi connectivity index (χ4n) is 2.19. The predicted molar refractivity (Wildman–Crippen MR) is 87.4 cm³/mol. The third-order valence-electron chi connectivity index (χ3n) is 3.58. The molecule has 2 aromatic rings. The molecule has 0 atom stereocenters. The quantitative estimate of drug-likeness (QED) is 0.534. The van der Waals surface area contributed by atoms with Crippen LogP contribution >= 0.6 is 0 Å². The molecule has 0 spiro atoms. The summed E-state index contributed by atoms with van der Waals surface area (Å²) in [4.78, 5) is 27.5. The Bertz CT molecular complexity index is 773. The van der Waals surface area contributed by atoms with Crippen LogP contribution in [0.4, 0.5) is 0 Å². The Morgan fingerprint density at radius 1 is 1.20 bits per heavy atom. The molecule has 4 N–H and O–H groups in total. The minimum atomic E-state index is -0.839. The zero-order chi connectivity index (χ0) is 18.4. The Hall–Kier alpha value is -2.97. The number of Topliss-reactive ketones (excluding diaryl/α,β-unsaturated/α-hetero) is 1. The van der Waals surface area contributed by atoms with Crippen molar-refractivity contribution in [3.05, 3.63) is 52.8 Å². The van der Waals surface area contributed by atoms with Crippen molar-refractivity contribution in [3.63, 3.8) is 0 Å². The average Bonchev–Trinajstić information content (AvgIpc) is 2.65. The van der Waals surface area contributed by atoms with Crippen molar-refractivity contribution in [1.29, 1.82) is 0 Å². The van der Waals surface area contributed by atoms with Gasteiger partial charge in [-0.05, 0) is 17.7 Å². The summed E-state index contributed by atoms with van der Waals surface area (Å²) >= 11 is 0. The second-order valence-corrected chi connectivity index (χ2v) is 5.12. The summed E-state index contributed by atoms with van der Waals surface area (Å²) in [5, 5.41) is 30.9. The van der Waals surface area contributed by atoms with Gasteiger partial charge in [-0.2, -0.15) is 0 Å². The second kappa shape index (κ2) is 8.22. The van der Waals surface area contributed by atoms with Gasteiger partial charge in [0.05, 0.1) is 19.3 Å². The number of carbonyl (C=O) groups excluding carboxylic acids is 2. The molecule has 2 rings (SSSR count). The van der Waals surface area contributed by atoms with Crippen LogP contribution in [0.3, 0.4) is 0 Å². The molecule has 0 unspecified atom stereocenters. The number of ether oxygens (including phenoxy) is 1. The molecule has 0 aliphatic heterocycles. The maximum atomic E-state index is 12.3. The highest BCUT2D eigenvalue weighted by molar-refractivity contribution is 6.01. The largest absolute Gasteiger partial charge is 0.505 e. The third-order valence-corrected chi connectivity index (χ3v) is 3.58. The molecule has 1 aromatic carbocycles. The van der Waals surface area contributed by atoms with E-state index in [0.717, 1.165) is 11.8 Å². The van der Waals surface area contributed by atoms with E-state index in [1.807, 2.05) is 0 Å². The number of ketones is 1. The molecular formula is C17H18N2O6. The Morgan fingerprint density at radius 2 is 1.88 bits per heavy atom. The average molecular weight is 346 g/mol. The van der Waals surface area contributed by atoms with Crippen molar-refractivity contribution in [1.82, 2.24) is 10.3 Å². The molecule has 0 aliphatic carbocycles. The SMILES string of the molecule is COc1ccc(CNC(=O)c2cnc(C(=O)CO)c(O)c2CO)cc1. The van der Waals surface area contributed by atoms with Crippen LogP contribution in [-0.2, 0) is 13.2 Å². The lowest BCUT2D eigenvalue weighted by molar-refractivity contribution is 0.0891. The van der Waals surface area contributed by atoms with Crippen LogP contribution in [0, 0.1) is 0 Å². The maximum Gasteiger partial charge on any atom is 0.253 e. The number of benzene rings is 1. The molecule has 0 saturated carbocycles. The number of hydrogen-bond acceptors (Lipinski definition) is 7. The Labute approximate surface area is 143 Å². The molecule has 0 aliphatic rings. The van der Waals surface area contributed by atoms with Gasteiger partial charge in [0.15, 0.2) is 11.4 Å². The number of pyridine rings is 1. The van der Waals surface area contributed by atoms with E-state index in [0.29, 0.717) is 5.75 Å². The van der Waals surface area contributed by atoms with Gasteiger partial charge < -0.3 is 25.4 Å². The minimum Gasteiger partial charge on any atom is -0.505 e. The molecule has 8 nitrogen and oxygen atoms in total. The highest BCUT2D eigenvalue weighted by Crippen LogP contribution is 2.25. The van der Waals surface area contributed by atoms with Crippen LogP contribution < -0.4 is 10.1 Å². The fourth-order valence-corrected chi connectivity index (χ4v) is 2.19. The number of nitrogens with one attached hydrogen (secondary N) is 1. The number of aliphatic hydroxyl groups is 2. The second-order valence-electron chi connectivity index (χ2n) is 5.12. The van der Waals surface area contributed by atoms with Crippen molar-refractivity contribution in [3.8, 4) is 11.5 Å². The fraction of sp³-hybridized carbons (Fsp3) is 0.235. The summed E-state index contributed by atoms with van der Waals surface area (Å²) in [5.74, 6) is -1.29. The molecule has 132 valence electrons. The van der Waals surface area contributed by atoms with Crippen molar-refractivity contribution < 1.29 is 29.6 Å². The lowest BCUT2D eigenvalue weighted by Gasteiger charge is -2.12. The first kappa shape index (κ1) is 18.4. The maximum absolute atomic E-state index is 12.3. The van der Waals surface area contributed by atoms with E-state index in [9.17, 15) is 19.8 Å². The summed E-state index contributed by atoms with van der Waals surface area (Å²) < 4.78 is 5.05. The van der Waals surface area contributed by atoms with Gasteiger partial charge in [0, 0.05) is 18.3 Å². The summed E-state index contributed by atoms with van der Waals surface area (Å²) in [6.45, 7) is -1.29. The molecule has 0 radical (unpaired) electrons. The van der Waals surface area contributed by atoms with Crippen LogP contribution in [0.25, 0.3) is 0 Å². The molecule has 0 bridgehead atoms. The van der Waals surface area contributed by atoms with E-state index in [4.69, 9.17) is 9.84 Å². The smallest absolute Gasteiger partial charge is 0.253 e.